The van der Waals surface area contributed by atoms with Gasteiger partial charge in [-0.15, -0.1) is 0 Å². The second-order valence-electron chi connectivity index (χ2n) is 8.16. The highest BCUT2D eigenvalue weighted by molar-refractivity contribution is 6.30. The van der Waals surface area contributed by atoms with Crippen LogP contribution in [0.15, 0.2) is 30.3 Å². The molecule has 2 aliphatic heterocycles. The van der Waals surface area contributed by atoms with Crippen LogP contribution >= 0.6 is 11.6 Å². The van der Waals surface area contributed by atoms with Gasteiger partial charge in [0, 0.05) is 61.4 Å². The Hall–Kier alpha value is -2.35. The van der Waals surface area contributed by atoms with Crippen LogP contribution in [0, 0.1) is 13.8 Å². The molecule has 0 aliphatic carbocycles. The lowest BCUT2D eigenvalue weighted by Crippen LogP contribution is -2.53. The molecule has 4 rings (SSSR count). The molecule has 2 aromatic rings. The lowest BCUT2D eigenvalue weighted by Gasteiger charge is -2.36. The van der Waals surface area contributed by atoms with Gasteiger partial charge >= 0.3 is 0 Å². The first-order valence-electron chi connectivity index (χ1n) is 10.8. The highest BCUT2D eigenvalue weighted by Gasteiger charge is 2.28. The maximum absolute atomic E-state index is 13.2. The molecule has 2 amide bonds. The third-order valence-corrected chi connectivity index (χ3v) is 6.35. The number of rotatable bonds is 4. The molecule has 0 atom stereocenters. The molecule has 2 saturated heterocycles. The summed E-state index contributed by atoms with van der Waals surface area (Å²) in [5.74, 6) is 0.148. The van der Waals surface area contributed by atoms with Gasteiger partial charge in [-0.05, 0) is 38.1 Å². The number of carbonyl (C=O) groups is 2. The molecule has 0 N–H and O–H groups in total. The number of aromatic nitrogens is 1. The zero-order valence-corrected chi connectivity index (χ0v) is 18.9. The van der Waals surface area contributed by atoms with Crippen LogP contribution in [-0.4, -0.2) is 90.1 Å². The van der Waals surface area contributed by atoms with Gasteiger partial charge in [-0.1, -0.05) is 17.7 Å². The van der Waals surface area contributed by atoms with Gasteiger partial charge < -0.3 is 19.1 Å². The predicted octanol–water partition coefficient (Wildman–Crippen LogP) is 2.36. The van der Waals surface area contributed by atoms with E-state index in [9.17, 15) is 9.59 Å². The van der Waals surface area contributed by atoms with Crippen molar-refractivity contribution in [3.05, 3.63) is 52.3 Å². The van der Waals surface area contributed by atoms with E-state index in [4.69, 9.17) is 16.3 Å². The van der Waals surface area contributed by atoms with Crippen LogP contribution in [0.5, 0.6) is 0 Å². The summed E-state index contributed by atoms with van der Waals surface area (Å²) in [6.07, 6.45) is 0. The van der Waals surface area contributed by atoms with E-state index in [1.807, 2.05) is 54.0 Å². The number of piperazine rings is 1. The molecular weight excluding hydrogens is 416 g/mol. The Kier molecular flexibility index (Phi) is 6.65. The Morgan fingerprint density at radius 2 is 1.65 bits per heavy atom. The SMILES string of the molecule is Cc1cc(C(=O)N2CCN(C(=O)CN3CCOCC3)CC2)c(C)n1-c1cccc(Cl)c1. The molecule has 31 heavy (non-hydrogen) atoms. The number of benzene rings is 1. The van der Waals surface area contributed by atoms with Crippen LogP contribution < -0.4 is 0 Å². The molecule has 0 saturated carbocycles. The summed E-state index contributed by atoms with van der Waals surface area (Å²) in [4.78, 5) is 31.7. The molecule has 0 bridgehead atoms. The summed E-state index contributed by atoms with van der Waals surface area (Å²) in [5.41, 5.74) is 3.53. The van der Waals surface area contributed by atoms with Crippen molar-refractivity contribution in [1.29, 1.82) is 0 Å². The largest absolute Gasteiger partial charge is 0.379 e. The van der Waals surface area contributed by atoms with Gasteiger partial charge in [-0.25, -0.2) is 0 Å². The number of halogens is 1. The summed E-state index contributed by atoms with van der Waals surface area (Å²) in [7, 11) is 0. The fraction of sp³-hybridized carbons (Fsp3) is 0.478. The van der Waals surface area contributed by atoms with Gasteiger partial charge in [0.15, 0.2) is 0 Å². The minimum Gasteiger partial charge on any atom is -0.379 e. The number of hydrogen-bond acceptors (Lipinski definition) is 4. The standard InChI is InChI=1S/C23H29ClN4O3/c1-17-14-21(18(2)28(17)20-5-3-4-19(24)15-20)23(30)27-8-6-26(7-9-27)22(29)16-25-10-12-31-13-11-25/h3-5,14-15H,6-13,16H2,1-2H3. The van der Waals surface area contributed by atoms with Crippen LogP contribution in [0.25, 0.3) is 5.69 Å². The number of carbonyl (C=O) groups excluding carboxylic acids is 2. The van der Waals surface area contributed by atoms with Crippen molar-refractivity contribution in [3.63, 3.8) is 0 Å². The Bertz CT molecular complexity index is 960. The molecular formula is C23H29ClN4O3. The zero-order valence-electron chi connectivity index (χ0n) is 18.1. The van der Waals surface area contributed by atoms with E-state index < -0.39 is 0 Å². The molecule has 8 heteroatoms. The molecule has 0 spiro atoms. The predicted molar refractivity (Wildman–Crippen MR) is 120 cm³/mol. The summed E-state index contributed by atoms with van der Waals surface area (Å²) >= 11 is 6.16. The second kappa shape index (κ2) is 9.42. The number of aryl methyl sites for hydroxylation is 1. The summed E-state index contributed by atoms with van der Waals surface area (Å²) in [5, 5.41) is 0.663. The monoisotopic (exact) mass is 444 g/mol. The average molecular weight is 445 g/mol. The van der Waals surface area contributed by atoms with Gasteiger partial charge in [-0.2, -0.15) is 0 Å². The van der Waals surface area contributed by atoms with Crippen LogP contribution in [0.4, 0.5) is 0 Å². The molecule has 2 fully saturated rings. The highest BCUT2D eigenvalue weighted by atomic mass is 35.5. The van der Waals surface area contributed by atoms with Crippen molar-refractivity contribution in [1.82, 2.24) is 19.3 Å². The van der Waals surface area contributed by atoms with E-state index >= 15 is 0 Å². The summed E-state index contributed by atoms with van der Waals surface area (Å²) < 4.78 is 7.40. The molecule has 0 radical (unpaired) electrons. The van der Waals surface area contributed by atoms with Gasteiger partial charge in [0.2, 0.25) is 5.91 Å². The van der Waals surface area contributed by atoms with Crippen molar-refractivity contribution >= 4 is 23.4 Å². The first kappa shape index (κ1) is 21.9. The number of nitrogens with zero attached hydrogens (tertiary/aromatic N) is 4. The van der Waals surface area contributed by atoms with Crippen molar-refractivity contribution in [2.45, 2.75) is 13.8 Å². The zero-order chi connectivity index (χ0) is 22.0. The molecule has 0 unspecified atom stereocenters. The molecule has 7 nitrogen and oxygen atoms in total. The Labute approximate surface area is 188 Å². The van der Waals surface area contributed by atoms with E-state index in [1.54, 1.807) is 0 Å². The van der Waals surface area contributed by atoms with Gasteiger partial charge in [0.25, 0.3) is 5.91 Å². The molecule has 3 heterocycles. The van der Waals surface area contributed by atoms with Crippen molar-refractivity contribution in [2.24, 2.45) is 0 Å². The van der Waals surface area contributed by atoms with Crippen molar-refractivity contribution < 1.29 is 14.3 Å². The van der Waals surface area contributed by atoms with E-state index in [2.05, 4.69) is 9.47 Å². The van der Waals surface area contributed by atoms with Gasteiger partial charge in [0.05, 0.1) is 25.3 Å². The normalized spacial score (nSPS) is 17.8. The number of amides is 2. The lowest BCUT2D eigenvalue weighted by atomic mass is 10.2. The Balaban J connectivity index is 1.40. The van der Waals surface area contributed by atoms with Crippen molar-refractivity contribution in [3.8, 4) is 5.69 Å². The fourth-order valence-corrected chi connectivity index (χ4v) is 4.56. The first-order valence-corrected chi connectivity index (χ1v) is 11.1. The quantitative estimate of drug-likeness (QED) is 0.726. The first-order chi connectivity index (χ1) is 14.9. The maximum atomic E-state index is 13.2. The van der Waals surface area contributed by atoms with E-state index in [0.717, 1.165) is 30.2 Å². The van der Waals surface area contributed by atoms with Crippen LogP contribution in [0.1, 0.15) is 21.7 Å². The second-order valence-corrected chi connectivity index (χ2v) is 8.60. The summed E-state index contributed by atoms with van der Waals surface area (Å²) in [6.45, 7) is 9.59. The lowest BCUT2D eigenvalue weighted by molar-refractivity contribution is -0.134. The van der Waals surface area contributed by atoms with E-state index in [-0.39, 0.29) is 11.8 Å². The third-order valence-electron chi connectivity index (χ3n) is 6.11. The van der Waals surface area contributed by atoms with Crippen LogP contribution in [-0.2, 0) is 9.53 Å². The maximum Gasteiger partial charge on any atom is 0.255 e. The van der Waals surface area contributed by atoms with E-state index in [0.29, 0.717) is 56.5 Å². The smallest absolute Gasteiger partial charge is 0.255 e. The average Bonchev–Trinajstić information content (AvgIpc) is 3.08. The minimum absolute atomic E-state index is 0.0154. The third kappa shape index (κ3) is 4.79. The van der Waals surface area contributed by atoms with Crippen LogP contribution in [0.3, 0.4) is 0 Å². The Morgan fingerprint density at radius 3 is 2.32 bits per heavy atom. The minimum atomic E-state index is 0.0154. The highest BCUT2D eigenvalue weighted by Crippen LogP contribution is 2.24. The summed E-state index contributed by atoms with van der Waals surface area (Å²) in [6, 6.07) is 9.57. The number of hydrogen-bond donors (Lipinski definition) is 0. The van der Waals surface area contributed by atoms with Crippen molar-refractivity contribution in [2.75, 3.05) is 59.0 Å². The number of morpholine rings is 1. The van der Waals surface area contributed by atoms with Gasteiger partial charge in [-0.3, -0.25) is 14.5 Å². The molecule has 2 aliphatic rings. The van der Waals surface area contributed by atoms with Crippen LogP contribution in [0.2, 0.25) is 5.02 Å². The topological polar surface area (TPSA) is 58.0 Å². The molecule has 1 aromatic carbocycles. The Morgan fingerprint density at radius 1 is 0.968 bits per heavy atom. The molecule has 1 aromatic heterocycles. The fourth-order valence-electron chi connectivity index (χ4n) is 4.37. The van der Waals surface area contributed by atoms with Gasteiger partial charge in [0.1, 0.15) is 0 Å². The molecule has 166 valence electrons. The number of ether oxygens (including phenoxy) is 1. The van der Waals surface area contributed by atoms with E-state index in [1.165, 1.54) is 0 Å².